The number of aryl methyl sites for hydroxylation is 2. The molecule has 4 nitrogen and oxygen atoms in total. The van der Waals surface area contributed by atoms with Crippen molar-refractivity contribution in [3.05, 3.63) is 70.4 Å². The Morgan fingerprint density at radius 3 is 2.62 bits per heavy atom. The van der Waals surface area contributed by atoms with Crippen LogP contribution in [0.2, 0.25) is 5.15 Å². The number of hydrogen-bond donors (Lipinski definition) is 0. The molecule has 0 atom stereocenters. The van der Waals surface area contributed by atoms with Gasteiger partial charge in [0.05, 0.1) is 5.52 Å². The van der Waals surface area contributed by atoms with Gasteiger partial charge in [-0.15, -0.1) is 0 Å². The first-order valence-electron chi connectivity index (χ1n) is 8.48. The van der Waals surface area contributed by atoms with Crippen LogP contribution in [0.15, 0.2) is 48.5 Å². The molecule has 3 aromatic rings. The fraction of sp³-hybridized carbons (Fsp3) is 0.238. The molecule has 0 radical (unpaired) electrons. The molecule has 1 heterocycles. The van der Waals surface area contributed by atoms with Crippen LogP contribution in [0.5, 0.6) is 5.75 Å². The van der Waals surface area contributed by atoms with Crippen molar-refractivity contribution in [1.29, 1.82) is 0 Å². The van der Waals surface area contributed by atoms with E-state index in [0.717, 1.165) is 22.9 Å². The first-order valence-corrected chi connectivity index (χ1v) is 8.86. The van der Waals surface area contributed by atoms with Crippen molar-refractivity contribution in [2.24, 2.45) is 0 Å². The molecule has 26 heavy (non-hydrogen) atoms. The number of nitrogens with zero attached hydrogens (tertiary/aromatic N) is 1. The zero-order valence-corrected chi connectivity index (χ0v) is 15.5. The van der Waals surface area contributed by atoms with Crippen LogP contribution in [-0.2, 0) is 22.6 Å². The maximum Gasteiger partial charge on any atom is 0.344 e. The zero-order chi connectivity index (χ0) is 18.5. The molecule has 0 saturated heterocycles. The summed E-state index contributed by atoms with van der Waals surface area (Å²) in [5, 5.41) is 1.30. The molecular formula is C21H20ClNO3. The second-order valence-corrected chi connectivity index (χ2v) is 6.44. The van der Waals surface area contributed by atoms with E-state index < -0.39 is 5.97 Å². The summed E-state index contributed by atoms with van der Waals surface area (Å²) in [6.07, 6.45) is 0.961. The summed E-state index contributed by atoms with van der Waals surface area (Å²) < 4.78 is 10.7. The largest absolute Gasteiger partial charge is 0.482 e. The summed E-state index contributed by atoms with van der Waals surface area (Å²) in [6.45, 7) is 4.00. The number of aromatic nitrogens is 1. The van der Waals surface area contributed by atoms with E-state index in [1.165, 1.54) is 5.56 Å². The van der Waals surface area contributed by atoms with Gasteiger partial charge < -0.3 is 9.47 Å². The Balaban J connectivity index is 1.57. The minimum atomic E-state index is -0.454. The van der Waals surface area contributed by atoms with Gasteiger partial charge in [-0.3, -0.25) is 0 Å². The Hall–Kier alpha value is -2.59. The van der Waals surface area contributed by atoms with E-state index in [4.69, 9.17) is 21.1 Å². The average molecular weight is 370 g/mol. The normalized spacial score (nSPS) is 10.7. The third kappa shape index (κ3) is 4.52. The van der Waals surface area contributed by atoms with E-state index in [1.807, 2.05) is 55.5 Å². The topological polar surface area (TPSA) is 48.4 Å². The minimum absolute atomic E-state index is 0.0621. The van der Waals surface area contributed by atoms with Crippen LogP contribution in [0.3, 0.4) is 0 Å². The molecule has 1 aromatic heterocycles. The van der Waals surface area contributed by atoms with Crippen LogP contribution < -0.4 is 4.74 Å². The molecule has 0 aliphatic rings. The number of pyridine rings is 1. The maximum atomic E-state index is 11.9. The number of esters is 1. The first kappa shape index (κ1) is 18.2. The highest BCUT2D eigenvalue weighted by atomic mass is 35.5. The van der Waals surface area contributed by atoms with Crippen molar-refractivity contribution in [3.8, 4) is 5.75 Å². The Bertz CT molecular complexity index is 922. The molecule has 0 fully saturated rings. The van der Waals surface area contributed by atoms with Crippen molar-refractivity contribution < 1.29 is 14.3 Å². The molecule has 5 heteroatoms. The molecule has 2 aromatic carbocycles. The standard InChI is InChI=1S/C21H20ClNO3/c1-3-15-5-8-18(9-6-15)25-13-20(24)26-12-17-11-16-7-4-14(2)10-19(16)23-21(17)22/h4-11H,3,12-13H2,1-2H3. The number of hydrogen-bond acceptors (Lipinski definition) is 4. The lowest BCUT2D eigenvalue weighted by molar-refractivity contribution is -0.147. The van der Waals surface area contributed by atoms with Crippen molar-refractivity contribution >= 4 is 28.5 Å². The number of rotatable bonds is 6. The number of carbonyl (C=O) groups excluding carboxylic acids is 1. The summed E-state index contributed by atoms with van der Waals surface area (Å²) >= 11 is 6.21. The average Bonchev–Trinajstić information content (AvgIpc) is 2.65. The van der Waals surface area contributed by atoms with Crippen LogP contribution in [-0.4, -0.2) is 17.6 Å². The van der Waals surface area contributed by atoms with Crippen LogP contribution in [0.1, 0.15) is 23.6 Å². The Morgan fingerprint density at radius 1 is 1.12 bits per heavy atom. The predicted molar refractivity (Wildman–Crippen MR) is 103 cm³/mol. The highest BCUT2D eigenvalue weighted by molar-refractivity contribution is 6.30. The van der Waals surface area contributed by atoms with Gasteiger partial charge in [0, 0.05) is 10.9 Å². The Morgan fingerprint density at radius 2 is 1.88 bits per heavy atom. The van der Waals surface area contributed by atoms with E-state index in [-0.39, 0.29) is 13.2 Å². The van der Waals surface area contributed by atoms with E-state index in [2.05, 4.69) is 11.9 Å². The lowest BCUT2D eigenvalue weighted by atomic mass is 10.1. The van der Waals surface area contributed by atoms with Crippen LogP contribution >= 0.6 is 11.6 Å². The molecule has 0 spiro atoms. The van der Waals surface area contributed by atoms with Gasteiger partial charge in [0.1, 0.15) is 17.5 Å². The molecule has 0 unspecified atom stereocenters. The molecule has 134 valence electrons. The van der Waals surface area contributed by atoms with Gasteiger partial charge in [-0.25, -0.2) is 9.78 Å². The van der Waals surface area contributed by atoms with Gasteiger partial charge in [0.25, 0.3) is 0 Å². The van der Waals surface area contributed by atoms with Gasteiger partial charge in [-0.1, -0.05) is 42.8 Å². The summed E-state index contributed by atoms with van der Waals surface area (Å²) in [7, 11) is 0. The van der Waals surface area contributed by atoms with Gasteiger partial charge in [-0.2, -0.15) is 0 Å². The zero-order valence-electron chi connectivity index (χ0n) is 14.8. The lowest BCUT2D eigenvalue weighted by Gasteiger charge is -2.09. The SMILES string of the molecule is CCc1ccc(OCC(=O)OCc2cc3ccc(C)cc3nc2Cl)cc1. The molecule has 0 bridgehead atoms. The first-order chi connectivity index (χ1) is 12.5. The number of carbonyl (C=O) groups is 1. The van der Waals surface area contributed by atoms with Gasteiger partial charge in [-0.05, 0) is 48.7 Å². The summed E-state index contributed by atoms with van der Waals surface area (Å²) in [5.74, 6) is 0.185. The minimum Gasteiger partial charge on any atom is -0.482 e. The molecular weight excluding hydrogens is 350 g/mol. The number of ether oxygens (including phenoxy) is 2. The monoisotopic (exact) mass is 369 g/mol. The van der Waals surface area contributed by atoms with E-state index in [1.54, 1.807) is 0 Å². The van der Waals surface area contributed by atoms with Gasteiger partial charge in [0.2, 0.25) is 0 Å². The third-order valence-corrected chi connectivity index (χ3v) is 4.40. The highest BCUT2D eigenvalue weighted by Gasteiger charge is 2.10. The predicted octanol–water partition coefficient (Wildman–Crippen LogP) is 4.88. The molecule has 0 N–H and O–H groups in total. The van der Waals surface area contributed by atoms with Crippen LogP contribution in [0.4, 0.5) is 0 Å². The van der Waals surface area contributed by atoms with Crippen molar-refractivity contribution in [1.82, 2.24) is 4.98 Å². The molecule has 0 amide bonds. The Labute approximate surface area is 157 Å². The fourth-order valence-corrected chi connectivity index (χ4v) is 2.76. The molecule has 3 rings (SSSR count). The summed E-state index contributed by atoms with van der Waals surface area (Å²) in [6, 6.07) is 15.5. The maximum absolute atomic E-state index is 11.9. The van der Waals surface area contributed by atoms with Gasteiger partial charge >= 0.3 is 5.97 Å². The second-order valence-electron chi connectivity index (χ2n) is 6.08. The fourth-order valence-electron chi connectivity index (χ4n) is 2.56. The third-order valence-electron chi connectivity index (χ3n) is 4.08. The smallest absolute Gasteiger partial charge is 0.344 e. The van der Waals surface area contributed by atoms with Crippen LogP contribution in [0, 0.1) is 6.92 Å². The van der Waals surface area contributed by atoms with Crippen molar-refractivity contribution in [2.75, 3.05) is 6.61 Å². The quantitative estimate of drug-likeness (QED) is 0.459. The van der Waals surface area contributed by atoms with Crippen molar-refractivity contribution in [2.45, 2.75) is 26.9 Å². The van der Waals surface area contributed by atoms with Crippen molar-refractivity contribution in [3.63, 3.8) is 0 Å². The summed E-state index contributed by atoms with van der Waals surface area (Å²) in [4.78, 5) is 16.3. The highest BCUT2D eigenvalue weighted by Crippen LogP contribution is 2.22. The molecule has 0 aliphatic carbocycles. The summed E-state index contributed by atoms with van der Waals surface area (Å²) in [5.41, 5.74) is 3.82. The van der Waals surface area contributed by atoms with E-state index in [0.29, 0.717) is 16.5 Å². The number of fused-ring (bicyclic) bond motifs is 1. The lowest BCUT2D eigenvalue weighted by Crippen LogP contribution is -2.15. The second kappa shape index (κ2) is 8.19. The van der Waals surface area contributed by atoms with E-state index >= 15 is 0 Å². The number of halogens is 1. The Kier molecular flexibility index (Phi) is 5.74. The van der Waals surface area contributed by atoms with Gasteiger partial charge in [0.15, 0.2) is 6.61 Å². The number of benzene rings is 2. The van der Waals surface area contributed by atoms with E-state index in [9.17, 15) is 4.79 Å². The molecule has 0 saturated carbocycles. The van der Waals surface area contributed by atoms with Crippen LogP contribution in [0.25, 0.3) is 10.9 Å². The molecule has 0 aliphatic heterocycles.